The van der Waals surface area contributed by atoms with Gasteiger partial charge >= 0.3 is 0 Å². The fourth-order valence-electron chi connectivity index (χ4n) is 4.99. The molecule has 33 heavy (non-hydrogen) atoms. The highest BCUT2D eigenvalue weighted by Gasteiger charge is 2.27. The lowest BCUT2D eigenvalue weighted by Crippen LogP contribution is -2.35. The van der Waals surface area contributed by atoms with E-state index in [1.807, 2.05) is 48.5 Å². The smallest absolute Gasteiger partial charge is 0.243 e. The number of aromatic nitrogens is 1. The molecule has 7 heteroatoms. The number of benzene rings is 2. The third kappa shape index (κ3) is 4.86. The van der Waals surface area contributed by atoms with Gasteiger partial charge in [0.2, 0.25) is 10.0 Å². The van der Waals surface area contributed by atoms with E-state index in [0.29, 0.717) is 24.0 Å². The largest absolute Gasteiger partial charge is 0.313 e. The highest BCUT2D eigenvalue weighted by atomic mass is 32.2. The van der Waals surface area contributed by atoms with Gasteiger partial charge in [-0.05, 0) is 49.9 Å². The Morgan fingerprint density at radius 1 is 0.848 bits per heavy atom. The topological polar surface area (TPSA) is 54.7 Å². The van der Waals surface area contributed by atoms with Gasteiger partial charge in [0, 0.05) is 30.1 Å². The van der Waals surface area contributed by atoms with Crippen LogP contribution in [0, 0.1) is 0 Å². The molecule has 0 spiro atoms. The number of thiazole rings is 1. The molecule has 2 fully saturated rings. The summed E-state index contributed by atoms with van der Waals surface area (Å²) in [5.74, 6) is 0. The van der Waals surface area contributed by atoms with Crippen LogP contribution in [0.3, 0.4) is 0 Å². The van der Waals surface area contributed by atoms with Crippen molar-refractivity contribution in [1.82, 2.24) is 8.87 Å². The summed E-state index contributed by atoms with van der Waals surface area (Å²) in [6, 6.07) is 18.0. The van der Waals surface area contributed by atoms with Gasteiger partial charge < -0.3 is 4.57 Å². The number of piperidine rings is 1. The van der Waals surface area contributed by atoms with E-state index in [0.717, 1.165) is 53.9 Å². The number of hydrogen-bond acceptors (Lipinski definition) is 4. The molecule has 2 aromatic carbocycles. The summed E-state index contributed by atoms with van der Waals surface area (Å²) in [4.78, 5) is 6.33. The second-order valence-electron chi connectivity index (χ2n) is 9.01. The summed E-state index contributed by atoms with van der Waals surface area (Å²) < 4.78 is 30.6. The van der Waals surface area contributed by atoms with Crippen LogP contribution in [0.1, 0.15) is 57.4 Å². The van der Waals surface area contributed by atoms with Gasteiger partial charge in [-0.3, -0.25) is 0 Å². The maximum atomic E-state index is 13.3. The molecule has 1 saturated heterocycles. The normalized spacial score (nSPS) is 19.1. The highest BCUT2D eigenvalue weighted by Crippen LogP contribution is 2.33. The second kappa shape index (κ2) is 9.95. The molecule has 2 aliphatic rings. The maximum absolute atomic E-state index is 13.3. The van der Waals surface area contributed by atoms with Crippen molar-refractivity contribution < 1.29 is 8.42 Å². The van der Waals surface area contributed by atoms with Crippen molar-refractivity contribution in [3.63, 3.8) is 0 Å². The molecule has 0 amide bonds. The van der Waals surface area contributed by atoms with Crippen molar-refractivity contribution in [3.8, 4) is 11.3 Å². The molecule has 0 unspecified atom stereocenters. The molecule has 1 aliphatic carbocycles. The van der Waals surface area contributed by atoms with Gasteiger partial charge in [0.1, 0.15) is 0 Å². The van der Waals surface area contributed by atoms with Gasteiger partial charge in [0.15, 0.2) is 4.80 Å². The molecule has 5 nitrogen and oxygen atoms in total. The van der Waals surface area contributed by atoms with Gasteiger partial charge in [-0.25, -0.2) is 13.4 Å². The SMILES string of the molecule is O=S(=O)(c1cccc(-c2csc(=Nc3ccccc3)n2C2CCCCC2)c1)N1CCCCC1. The third-order valence-corrected chi connectivity index (χ3v) is 9.48. The average molecular weight is 482 g/mol. The molecule has 0 radical (unpaired) electrons. The summed E-state index contributed by atoms with van der Waals surface area (Å²) >= 11 is 1.64. The van der Waals surface area contributed by atoms with Crippen molar-refractivity contribution in [1.29, 1.82) is 0 Å². The van der Waals surface area contributed by atoms with Gasteiger partial charge in [0.25, 0.3) is 0 Å². The van der Waals surface area contributed by atoms with Crippen molar-refractivity contribution in [2.24, 2.45) is 4.99 Å². The van der Waals surface area contributed by atoms with Crippen LogP contribution in [0.2, 0.25) is 0 Å². The summed E-state index contributed by atoms with van der Waals surface area (Å²) in [5, 5.41) is 2.14. The lowest BCUT2D eigenvalue weighted by atomic mass is 9.95. The van der Waals surface area contributed by atoms with Crippen molar-refractivity contribution in [3.05, 3.63) is 64.8 Å². The minimum atomic E-state index is -3.47. The predicted octanol–water partition coefficient (Wildman–Crippen LogP) is 6.13. The van der Waals surface area contributed by atoms with E-state index in [1.54, 1.807) is 21.7 Å². The summed E-state index contributed by atoms with van der Waals surface area (Å²) in [6.07, 6.45) is 8.99. The number of nitrogens with zero attached hydrogens (tertiary/aromatic N) is 3. The zero-order valence-electron chi connectivity index (χ0n) is 18.9. The minimum Gasteiger partial charge on any atom is -0.313 e. The summed E-state index contributed by atoms with van der Waals surface area (Å²) in [6.45, 7) is 1.24. The van der Waals surface area contributed by atoms with Gasteiger partial charge in [-0.15, -0.1) is 11.3 Å². The lowest BCUT2D eigenvalue weighted by Gasteiger charge is -2.27. The molecule has 0 atom stereocenters. The summed E-state index contributed by atoms with van der Waals surface area (Å²) in [7, 11) is -3.47. The molecular weight excluding hydrogens is 450 g/mol. The van der Waals surface area contributed by atoms with E-state index in [4.69, 9.17) is 4.99 Å². The van der Waals surface area contributed by atoms with Crippen LogP contribution >= 0.6 is 11.3 Å². The van der Waals surface area contributed by atoms with Gasteiger partial charge in [-0.2, -0.15) is 4.31 Å². The number of rotatable bonds is 5. The molecule has 174 valence electrons. The first-order valence-electron chi connectivity index (χ1n) is 12.0. The van der Waals surface area contributed by atoms with Crippen LogP contribution in [0.25, 0.3) is 11.3 Å². The monoisotopic (exact) mass is 481 g/mol. The molecule has 0 bridgehead atoms. The quantitative estimate of drug-likeness (QED) is 0.440. The van der Waals surface area contributed by atoms with E-state index in [9.17, 15) is 8.42 Å². The van der Waals surface area contributed by atoms with E-state index >= 15 is 0 Å². The zero-order valence-corrected chi connectivity index (χ0v) is 20.5. The Labute approximate surface area is 200 Å². The summed E-state index contributed by atoms with van der Waals surface area (Å²) in [5.41, 5.74) is 2.96. The number of sulfonamides is 1. The molecule has 1 saturated carbocycles. The maximum Gasteiger partial charge on any atom is 0.243 e. The first-order valence-corrected chi connectivity index (χ1v) is 14.4. The van der Waals surface area contributed by atoms with Crippen LogP contribution in [-0.2, 0) is 10.0 Å². The molecule has 2 heterocycles. The Hall–Kier alpha value is -2.22. The Kier molecular flexibility index (Phi) is 6.81. The van der Waals surface area contributed by atoms with Crippen LogP contribution in [0.15, 0.2) is 69.9 Å². The molecule has 0 N–H and O–H groups in total. The molecule has 3 aromatic rings. The molecule has 1 aromatic heterocycles. The van der Waals surface area contributed by atoms with E-state index in [-0.39, 0.29) is 0 Å². The lowest BCUT2D eigenvalue weighted by molar-refractivity contribution is 0.346. The Balaban J connectivity index is 1.58. The standard InChI is InChI=1S/C26H31N3O2S2/c30-33(31,28-17-8-3-9-18-28)24-16-10-11-21(19-24)25-20-32-26(27-22-12-4-1-5-13-22)29(25)23-14-6-2-7-15-23/h1,4-5,10-13,16,19-20,23H,2-3,6-9,14-15,17-18H2. The van der Waals surface area contributed by atoms with Gasteiger partial charge in [-0.1, -0.05) is 56.0 Å². The predicted molar refractivity (Wildman–Crippen MR) is 134 cm³/mol. The van der Waals surface area contributed by atoms with Crippen LogP contribution < -0.4 is 4.80 Å². The first kappa shape index (κ1) is 22.6. The van der Waals surface area contributed by atoms with Crippen LogP contribution in [-0.4, -0.2) is 30.4 Å². The highest BCUT2D eigenvalue weighted by molar-refractivity contribution is 7.89. The van der Waals surface area contributed by atoms with Crippen LogP contribution in [0.4, 0.5) is 5.69 Å². The van der Waals surface area contributed by atoms with E-state index < -0.39 is 10.0 Å². The Bertz CT molecular complexity index is 1250. The van der Waals surface area contributed by atoms with Crippen molar-refractivity contribution >= 4 is 27.0 Å². The third-order valence-electron chi connectivity index (χ3n) is 6.74. The Morgan fingerprint density at radius 3 is 2.33 bits per heavy atom. The van der Waals surface area contributed by atoms with E-state index in [1.165, 1.54) is 19.3 Å². The van der Waals surface area contributed by atoms with E-state index in [2.05, 4.69) is 9.95 Å². The zero-order chi connectivity index (χ0) is 22.7. The number of para-hydroxylation sites is 1. The Morgan fingerprint density at radius 2 is 1.58 bits per heavy atom. The fourth-order valence-corrected chi connectivity index (χ4v) is 7.54. The van der Waals surface area contributed by atoms with Crippen LogP contribution in [0.5, 0.6) is 0 Å². The molecule has 5 rings (SSSR count). The average Bonchev–Trinajstić information content (AvgIpc) is 3.29. The number of hydrogen-bond donors (Lipinski definition) is 0. The first-order chi connectivity index (χ1) is 16.1. The fraction of sp³-hybridized carbons (Fsp3) is 0.423. The van der Waals surface area contributed by atoms with Gasteiger partial charge in [0.05, 0.1) is 16.3 Å². The second-order valence-corrected chi connectivity index (χ2v) is 11.8. The molecular formula is C26H31N3O2S2. The molecule has 1 aliphatic heterocycles. The van der Waals surface area contributed by atoms with Crippen molar-refractivity contribution in [2.75, 3.05) is 13.1 Å². The minimum absolute atomic E-state index is 0.393. The van der Waals surface area contributed by atoms with Crippen molar-refractivity contribution in [2.45, 2.75) is 62.3 Å².